The first-order valence-electron chi connectivity index (χ1n) is 34.1. The zero-order valence-corrected chi connectivity index (χ0v) is 58.3. The fraction of sp³-hybridized carbons (Fsp3) is 0.447. The average Bonchev–Trinajstić information content (AvgIpc) is 0.764. The number of carbonyl (C=O) groups excluding carboxylic acids is 6. The molecule has 0 amide bonds. The Morgan fingerprint density at radius 1 is 0.362 bits per heavy atom. The van der Waals surface area contributed by atoms with Crippen molar-refractivity contribution in [1.82, 2.24) is 0 Å². The fourth-order valence-electron chi connectivity index (χ4n) is 12.4. The number of carbonyl (C=O) groups is 6. The maximum Gasteiger partial charge on any atom is 0.338 e. The Kier molecular flexibility index (Phi) is 29.4. The van der Waals surface area contributed by atoms with Crippen molar-refractivity contribution < 1.29 is 124 Å². The van der Waals surface area contributed by atoms with Crippen molar-refractivity contribution in [2.45, 2.75) is 190 Å². The maximum absolute atomic E-state index is 13.8. The minimum atomic E-state index is -2.09. The second-order valence-corrected chi connectivity index (χ2v) is 25.0. The van der Waals surface area contributed by atoms with Crippen LogP contribution in [0.4, 0.5) is 0 Å². The molecule has 4 saturated heterocycles. The summed E-state index contributed by atoms with van der Waals surface area (Å²) >= 11 is 0. The predicted octanol–water partition coefficient (Wildman–Crippen LogP) is 7.41. The molecule has 0 spiro atoms. The highest BCUT2D eigenvalue weighted by Crippen LogP contribution is 2.40. The van der Waals surface area contributed by atoms with E-state index >= 15 is 0 Å². The molecule has 20 atom stereocenters. The molecule has 4 heterocycles. The van der Waals surface area contributed by atoms with Crippen LogP contribution < -0.4 is 0 Å². The van der Waals surface area contributed by atoms with Crippen molar-refractivity contribution in [3.63, 3.8) is 0 Å². The van der Waals surface area contributed by atoms with Gasteiger partial charge in [0.05, 0.1) is 51.8 Å². The lowest BCUT2D eigenvalue weighted by atomic mass is 9.94. The van der Waals surface area contributed by atoms with Gasteiger partial charge in [0.1, 0.15) is 86.4 Å². The Morgan fingerprint density at radius 3 is 1.22 bits per heavy atom. The van der Waals surface area contributed by atoms with E-state index in [4.69, 9.17) is 85.3 Å². The van der Waals surface area contributed by atoms with Crippen LogP contribution in [0.1, 0.15) is 72.8 Å². The molecular weight excluding hydrogens is 1370 g/mol. The Labute approximate surface area is 605 Å². The molecule has 10 rings (SSSR count). The molecule has 0 radical (unpaired) electrons. The number of hydrogen-bond acceptors (Lipinski definition) is 27. The van der Waals surface area contributed by atoms with Gasteiger partial charge in [-0.15, -0.1) is 0 Å². The normalized spacial score (nSPS) is 28.7. The molecule has 0 unspecified atom stereocenters. The van der Waals surface area contributed by atoms with Crippen molar-refractivity contribution in [1.29, 1.82) is 0 Å². The van der Waals surface area contributed by atoms with Gasteiger partial charge in [-0.1, -0.05) is 175 Å². The van der Waals surface area contributed by atoms with Gasteiger partial charge in [-0.25, -0.2) is 4.79 Å². The third kappa shape index (κ3) is 22.5. The Bertz CT molecular complexity index is 3760. The van der Waals surface area contributed by atoms with E-state index in [0.29, 0.717) is 5.56 Å². The Balaban J connectivity index is 1.04. The summed E-state index contributed by atoms with van der Waals surface area (Å²) in [6, 6.07) is 52.5. The lowest BCUT2D eigenvalue weighted by Gasteiger charge is -2.50. The largest absolute Gasteiger partial charge is 0.463 e. The zero-order valence-electron chi connectivity index (χ0n) is 58.3. The summed E-state index contributed by atoms with van der Waals surface area (Å²) in [6.07, 6.45) is -31.7. The van der Waals surface area contributed by atoms with Crippen LogP contribution in [0, 0.1) is 0 Å². The van der Waals surface area contributed by atoms with Crippen molar-refractivity contribution in [2.75, 3.05) is 26.4 Å². The van der Waals surface area contributed by atoms with Crippen molar-refractivity contribution >= 4 is 35.8 Å². The first kappa shape index (κ1) is 78.5. The number of benzene rings is 6. The molecule has 560 valence electrons. The van der Waals surface area contributed by atoms with Crippen LogP contribution in [0.2, 0.25) is 0 Å². The standard InChI is InChI=1S/C76H85N3O26/c1-45(80)90-43-58-66(96-47(3)82)69(97-48(4)83)71(98-49(5)84)76(102-58)105-67-60(78-79-77)73(99-59(64(67)95-46(2)81)44-93-72(87)55-34-22-11-23-35-55)103-63-56(41-88-36-50-24-12-6-13-25-50)100-74(62(86)61(63)85)104-65-57(42-89-37-51-26-14-7-15-27-51)101-75(94-40-54-32-20-10-21-33-54)70(92-39-53-30-18-9-19-31-53)68(65)91-38-52-28-16-8-17-29-52/h6-35,56-71,73-76,85-86H,36-44H2,1-5H3/t56-,57-,58-,59-,60-,61-,62-,63+,64+,65-,66+,67-,68+,69+,70-,71-,73+,74+,75+,76+/m1/s1. The minimum absolute atomic E-state index is 0.000942. The molecular formula is C76H85N3O26. The van der Waals surface area contributed by atoms with E-state index in [0.717, 1.165) is 56.9 Å². The summed E-state index contributed by atoms with van der Waals surface area (Å²) in [6.45, 7) is 3.22. The highest BCUT2D eigenvalue weighted by molar-refractivity contribution is 5.89. The van der Waals surface area contributed by atoms with Crippen molar-refractivity contribution in [3.8, 4) is 0 Å². The number of nitrogens with zero attached hydrogens (tertiary/aromatic N) is 3. The molecule has 105 heavy (non-hydrogen) atoms. The quantitative estimate of drug-likeness (QED) is 0.0133. The predicted molar refractivity (Wildman–Crippen MR) is 363 cm³/mol. The van der Waals surface area contributed by atoms with Gasteiger partial charge in [0.2, 0.25) is 0 Å². The van der Waals surface area contributed by atoms with Gasteiger partial charge in [-0.05, 0) is 45.5 Å². The zero-order chi connectivity index (χ0) is 74.2. The minimum Gasteiger partial charge on any atom is -0.463 e. The first-order chi connectivity index (χ1) is 50.9. The Morgan fingerprint density at radius 2 is 0.733 bits per heavy atom. The summed E-state index contributed by atoms with van der Waals surface area (Å²) in [5, 5.41) is 29.8. The molecule has 0 aliphatic carbocycles. The van der Waals surface area contributed by atoms with E-state index in [2.05, 4.69) is 10.0 Å². The second-order valence-electron chi connectivity index (χ2n) is 25.0. The molecule has 4 aliphatic heterocycles. The molecule has 4 fully saturated rings. The maximum atomic E-state index is 13.8. The van der Waals surface area contributed by atoms with E-state index in [-0.39, 0.29) is 45.2 Å². The van der Waals surface area contributed by atoms with Crippen LogP contribution in [0.3, 0.4) is 0 Å². The highest BCUT2D eigenvalue weighted by Gasteiger charge is 2.59. The van der Waals surface area contributed by atoms with Crippen LogP contribution in [0.15, 0.2) is 187 Å². The van der Waals surface area contributed by atoms with E-state index in [1.165, 1.54) is 12.1 Å². The van der Waals surface area contributed by atoms with E-state index in [9.17, 15) is 44.5 Å². The summed E-state index contributed by atoms with van der Waals surface area (Å²) in [5.41, 5.74) is 14.6. The number of rotatable bonds is 33. The molecule has 0 aromatic heterocycles. The van der Waals surface area contributed by atoms with Gasteiger partial charge in [0.25, 0.3) is 0 Å². The number of hydrogen-bond donors (Lipinski definition) is 2. The fourth-order valence-corrected chi connectivity index (χ4v) is 12.4. The third-order valence-corrected chi connectivity index (χ3v) is 17.2. The lowest BCUT2D eigenvalue weighted by molar-refractivity contribution is -0.384. The molecule has 4 aliphatic rings. The summed E-state index contributed by atoms with van der Waals surface area (Å²) in [5.74, 6) is -5.65. The number of aliphatic hydroxyl groups is 2. The van der Waals surface area contributed by atoms with Crippen molar-refractivity contribution in [2.24, 2.45) is 5.11 Å². The molecule has 0 bridgehead atoms. The van der Waals surface area contributed by atoms with Crippen molar-refractivity contribution in [3.05, 3.63) is 226 Å². The van der Waals surface area contributed by atoms with Crippen LogP contribution >= 0.6 is 0 Å². The topological polar surface area (TPSA) is 358 Å². The number of ether oxygens (including phenoxy) is 18. The molecule has 2 N–H and O–H groups in total. The molecule has 29 nitrogen and oxygen atoms in total. The van der Waals surface area contributed by atoms with Crippen LogP contribution in [0.5, 0.6) is 0 Å². The molecule has 29 heteroatoms. The first-order valence-corrected chi connectivity index (χ1v) is 34.1. The number of esters is 6. The van der Waals surface area contributed by atoms with Gasteiger partial charge >= 0.3 is 35.8 Å². The van der Waals surface area contributed by atoms with Gasteiger partial charge in [-0.3, -0.25) is 24.0 Å². The second kappa shape index (κ2) is 39.3. The van der Waals surface area contributed by atoms with Gasteiger partial charge in [0, 0.05) is 39.5 Å². The van der Waals surface area contributed by atoms with Crippen LogP contribution in [0.25, 0.3) is 10.4 Å². The molecule has 6 aromatic rings. The van der Waals surface area contributed by atoms with Gasteiger partial charge in [0.15, 0.2) is 49.6 Å². The van der Waals surface area contributed by atoms with E-state index in [1.807, 2.05) is 140 Å². The SMILES string of the molecule is CC(=O)OC[C@H]1O[C@@H](O[C@@H]2[C@@H](N=[N+]=[N-])[C@H](O[C@@H]3[C@H](O)[C@@H](O)[C@H](O[C@H]4[C@H](OCc5ccccc5)[C@@H](OCc5ccccc5)[C@@H](OCc5ccccc5)O[C@@H]4COCc4ccccc4)O[C@@H]3COCc3ccccc3)O[C@H](COC(=O)c3ccccc3)[C@@H]2OC(C)=O)[C@H](OC(C)=O)[C@@H](OC(C)=O)[C@H]1OC(C)=O. The number of aliphatic hydroxyl groups excluding tert-OH is 2. The van der Waals surface area contributed by atoms with E-state index in [1.54, 1.807) is 30.3 Å². The molecule has 6 aromatic carbocycles. The lowest BCUT2D eigenvalue weighted by Crippen LogP contribution is -2.68. The van der Waals surface area contributed by atoms with Crippen LogP contribution in [-0.2, 0) is 142 Å². The van der Waals surface area contributed by atoms with Gasteiger partial charge in [-0.2, -0.15) is 0 Å². The van der Waals surface area contributed by atoms with Gasteiger partial charge < -0.3 is 95.5 Å². The summed E-state index contributed by atoms with van der Waals surface area (Å²) in [4.78, 5) is 81.7. The summed E-state index contributed by atoms with van der Waals surface area (Å²) < 4.78 is 115. The number of azide groups is 1. The smallest absolute Gasteiger partial charge is 0.338 e. The summed E-state index contributed by atoms with van der Waals surface area (Å²) in [7, 11) is 0. The monoisotopic (exact) mass is 1460 g/mol. The van der Waals surface area contributed by atoms with Crippen LogP contribution in [-0.4, -0.2) is 195 Å². The Hall–Kier alpha value is -9.11. The van der Waals surface area contributed by atoms with E-state index < -0.39 is 178 Å². The average molecular weight is 1460 g/mol. The molecule has 0 saturated carbocycles. The highest BCUT2D eigenvalue weighted by atomic mass is 16.8. The third-order valence-electron chi connectivity index (χ3n) is 17.2.